The molecule has 44 heavy (non-hydrogen) atoms. The monoisotopic (exact) mass is 639 g/mol. The fourth-order valence-electron chi connectivity index (χ4n) is 5.60. The van der Waals surface area contributed by atoms with E-state index in [4.69, 9.17) is 21.4 Å². The number of aromatic nitrogens is 2. The van der Waals surface area contributed by atoms with Gasteiger partial charge in [-0.05, 0) is 43.2 Å². The van der Waals surface area contributed by atoms with Crippen LogP contribution in [-0.2, 0) is 11.2 Å². The lowest BCUT2D eigenvalue weighted by molar-refractivity contribution is -0.134. The van der Waals surface area contributed by atoms with Gasteiger partial charge in [-0.25, -0.2) is 14.4 Å². The Morgan fingerprint density at radius 3 is 2.30 bits per heavy atom. The third kappa shape index (κ3) is 9.67. The summed E-state index contributed by atoms with van der Waals surface area (Å²) in [5.41, 5.74) is 0.288. The molecule has 0 aliphatic carbocycles. The van der Waals surface area contributed by atoms with Gasteiger partial charge in [0.2, 0.25) is 11.9 Å². The van der Waals surface area contributed by atoms with Crippen molar-refractivity contribution in [2.45, 2.75) is 56.5 Å². The molecule has 14 heteroatoms. The summed E-state index contributed by atoms with van der Waals surface area (Å²) in [6, 6.07) is 4.58. The van der Waals surface area contributed by atoms with Crippen LogP contribution in [0.1, 0.15) is 31.2 Å². The fraction of sp³-hybridized carbons (Fsp3) is 0.633. The molecule has 244 valence electrons. The highest BCUT2D eigenvalue weighted by Crippen LogP contribution is 2.25. The summed E-state index contributed by atoms with van der Waals surface area (Å²) in [6.07, 6.45) is 0.875. The van der Waals surface area contributed by atoms with Gasteiger partial charge in [0.15, 0.2) is 0 Å². The maximum Gasteiger partial charge on any atom is 0.227 e. The summed E-state index contributed by atoms with van der Waals surface area (Å²) in [7, 11) is 0. The molecule has 1 aromatic heterocycles. The predicted octanol–water partition coefficient (Wildman–Crippen LogP) is 0.467. The SMILES string of the molecule is O=C(Cc1ccc(OCCCC2CCN(c3ncc(Cl)cn3)CC2)cc1F)N1CCN(C[C@H](O)[C@@H](O)[C@H](O)[C@H](O)CO)CC1. The van der Waals surface area contributed by atoms with Crippen LogP contribution in [0.2, 0.25) is 5.02 Å². The summed E-state index contributed by atoms with van der Waals surface area (Å²) >= 11 is 5.87. The largest absolute Gasteiger partial charge is 0.493 e. The molecule has 0 bridgehead atoms. The summed E-state index contributed by atoms with van der Waals surface area (Å²) in [6.45, 7) is 3.10. The molecule has 0 saturated carbocycles. The average molecular weight is 640 g/mol. The maximum absolute atomic E-state index is 14.8. The van der Waals surface area contributed by atoms with E-state index in [-0.39, 0.29) is 24.4 Å². The number of rotatable bonds is 14. The Bertz CT molecular complexity index is 1180. The minimum Gasteiger partial charge on any atom is -0.493 e. The van der Waals surface area contributed by atoms with Crippen molar-refractivity contribution in [1.82, 2.24) is 19.8 Å². The number of piperazine rings is 1. The van der Waals surface area contributed by atoms with Crippen LogP contribution in [0.25, 0.3) is 0 Å². The number of piperidine rings is 1. The highest BCUT2D eigenvalue weighted by molar-refractivity contribution is 6.30. The number of ether oxygens (including phenoxy) is 1. The number of hydrogen-bond donors (Lipinski definition) is 5. The lowest BCUT2D eigenvalue weighted by Crippen LogP contribution is -2.54. The third-order valence-corrected chi connectivity index (χ3v) is 8.59. The highest BCUT2D eigenvalue weighted by atomic mass is 35.5. The molecule has 12 nitrogen and oxygen atoms in total. The summed E-state index contributed by atoms with van der Waals surface area (Å²) < 4.78 is 20.6. The molecule has 5 N–H and O–H groups in total. The van der Waals surface area contributed by atoms with E-state index >= 15 is 0 Å². The molecular formula is C30H43ClFN5O7. The molecule has 2 aliphatic rings. The highest BCUT2D eigenvalue weighted by Gasteiger charge is 2.32. The van der Waals surface area contributed by atoms with Gasteiger partial charge in [-0.2, -0.15) is 0 Å². The zero-order valence-electron chi connectivity index (χ0n) is 24.7. The average Bonchev–Trinajstić information content (AvgIpc) is 3.04. The Morgan fingerprint density at radius 1 is 1.00 bits per heavy atom. The lowest BCUT2D eigenvalue weighted by atomic mass is 9.92. The van der Waals surface area contributed by atoms with Gasteiger partial charge in [-0.3, -0.25) is 9.69 Å². The molecule has 2 fully saturated rings. The smallest absolute Gasteiger partial charge is 0.227 e. The Hall–Kier alpha value is -2.65. The number of aliphatic hydroxyl groups is 5. The number of β-amino-alcohol motifs (C(OH)–C–C–N with tert-alkyl or cyclic N) is 1. The normalized spacial score (nSPS) is 19.4. The van der Waals surface area contributed by atoms with Crippen LogP contribution in [0.4, 0.5) is 10.3 Å². The minimum atomic E-state index is -1.68. The van der Waals surface area contributed by atoms with E-state index in [0.29, 0.717) is 55.4 Å². The van der Waals surface area contributed by atoms with Gasteiger partial charge in [0, 0.05) is 51.9 Å². The molecule has 1 aromatic carbocycles. The number of amides is 1. The zero-order chi connectivity index (χ0) is 31.6. The van der Waals surface area contributed by atoms with Crippen molar-refractivity contribution in [2.24, 2.45) is 5.92 Å². The van der Waals surface area contributed by atoms with Gasteiger partial charge in [-0.15, -0.1) is 0 Å². The number of anilines is 1. The van der Waals surface area contributed by atoms with Crippen molar-refractivity contribution < 1.29 is 39.5 Å². The molecule has 2 aliphatic heterocycles. The molecule has 1 amide bonds. The first-order valence-corrected chi connectivity index (χ1v) is 15.5. The molecule has 2 saturated heterocycles. The van der Waals surface area contributed by atoms with Gasteiger partial charge >= 0.3 is 0 Å². The number of hydrogen-bond acceptors (Lipinski definition) is 11. The summed E-state index contributed by atoms with van der Waals surface area (Å²) in [5.74, 6) is 1.01. The lowest BCUT2D eigenvalue weighted by Gasteiger charge is -2.37. The van der Waals surface area contributed by atoms with Crippen molar-refractivity contribution in [3.05, 3.63) is 47.0 Å². The molecule has 3 heterocycles. The van der Waals surface area contributed by atoms with Crippen LogP contribution in [0.5, 0.6) is 5.75 Å². The standard InChI is InChI=1S/C30H43ClFN5O7/c31-22-16-33-30(34-17-22)37-7-5-20(6-8-37)2-1-13-44-23-4-3-21(24(32)15-23)14-27(41)36-11-9-35(10-12-36)18-25(39)28(42)29(43)26(40)19-38/h3-4,15-17,20,25-26,28-29,38-40,42-43H,1-2,5-14,18-19H2/t25-,26+,28+,29+/m0/s1. The van der Waals surface area contributed by atoms with Crippen LogP contribution in [0.15, 0.2) is 30.6 Å². The van der Waals surface area contributed by atoms with E-state index in [1.807, 2.05) is 4.90 Å². The van der Waals surface area contributed by atoms with Crippen LogP contribution >= 0.6 is 11.6 Å². The molecule has 4 rings (SSSR count). The zero-order valence-corrected chi connectivity index (χ0v) is 25.5. The van der Waals surface area contributed by atoms with Gasteiger partial charge in [0.1, 0.15) is 29.9 Å². The van der Waals surface area contributed by atoms with Crippen LogP contribution in [0.3, 0.4) is 0 Å². The summed E-state index contributed by atoms with van der Waals surface area (Å²) in [4.78, 5) is 27.0. The van der Waals surface area contributed by atoms with Crippen LogP contribution in [-0.4, -0.2) is 135 Å². The molecule has 0 spiro atoms. The van der Waals surface area contributed by atoms with Crippen molar-refractivity contribution in [2.75, 3.05) is 63.9 Å². The second-order valence-corrected chi connectivity index (χ2v) is 12.0. The second-order valence-electron chi connectivity index (χ2n) is 11.5. The molecule has 0 radical (unpaired) electrons. The van der Waals surface area contributed by atoms with Crippen molar-refractivity contribution in [3.63, 3.8) is 0 Å². The van der Waals surface area contributed by atoms with Crippen LogP contribution < -0.4 is 9.64 Å². The molecule has 4 atom stereocenters. The topological polar surface area (TPSA) is 163 Å². The molecule has 0 unspecified atom stereocenters. The Labute approximate surface area is 261 Å². The Balaban J connectivity index is 1.12. The van der Waals surface area contributed by atoms with Crippen molar-refractivity contribution in [1.29, 1.82) is 0 Å². The number of aliphatic hydroxyl groups excluding tert-OH is 5. The maximum atomic E-state index is 14.8. The van der Waals surface area contributed by atoms with Gasteiger partial charge < -0.3 is 40.1 Å². The Morgan fingerprint density at radius 2 is 1.66 bits per heavy atom. The number of halogens is 2. The number of carbonyl (C=O) groups is 1. The molecule has 2 aromatic rings. The Kier molecular flexibility index (Phi) is 12.9. The quantitative estimate of drug-likeness (QED) is 0.183. The first-order valence-electron chi connectivity index (χ1n) is 15.1. The minimum absolute atomic E-state index is 0.0213. The number of carbonyl (C=O) groups excluding carboxylic acids is 1. The summed E-state index contributed by atoms with van der Waals surface area (Å²) in [5, 5.41) is 48.9. The van der Waals surface area contributed by atoms with E-state index in [1.165, 1.54) is 6.07 Å². The first kappa shape index (κ1) is 34.2. The van der Waals surface area contributed by atoms with Crippen molar-refractivity contribution >= 4 is 23.5 Å². The van der Waals surface area contributed by atoms with E-state index < -0.39 is 36.8 Å². The van der Waals surface area contributed by atoms with E-state index in [2.05, 4.69) is 14.9 Å². The molecular weight excluding hydrogens is 597 g/mol. The van der Waals surface area contributed by atoms with Gasteiger partial charge in [-0.1, -0.05) is 17.7 Å². The fourth-order valence-corrected chi connectivity index (χ4v) is 5.70. The van der Waals surface area contributed by atoms with Gasteiger partial charge in [0.25, 0.3) is 0 Å². The van der Waals surface area contributed by atoms with E-state index in [0.717, 1.165) is 38.8 Å². The van der Waals surface area contributed by atoms with Crippen LogP contribution in [0, 0.1) is 11.7 Å². The van der Waals surface area contributed by atoms with Crippen molar-refractivity contribution in [3.8, 4) is 5.75 Å². The number of nitrogens with zero attached hydrogens (tertiary/aromatic N) is 5. The van der Waals surface area contributed by atoms with Gasteiger partial charge in [0.05, 0.1) is 43.2 Å². The number of benzene rings is 1. The third-order valence-electron chi connectivity index (χ3n) is 8.39. The van der Waals surface area contributed by atoms with E-state index in [9.17, 15) is 29.6 Å². The predicted molar refractivity (Wildman–Crippen MR) is 161 cm³/mol. The second kappa shape index (κ2) is 16.6. The first-order chi connectivity index (χ1) is 21.1. The van der Waals surface area contributed by atoms with E-state index in [1.54, 1.807) is 29.4 Å².